The van der Waals surface area contributed by atoms with Crippen molar-refractivity contribution in [1.82, 2.24) is 0 Å². The Hall–Kier alpha value is -1.35. The van der Waals surface area contributed by atoms with E-state index in [-0.39, 0.29) is 0 Å². The first-order valence-electron chi connectivity index (χ1n) is 5.91. The Kier molecular flexibility index (Phi) is 5.16. The monoisotopic (exact) mass is 235 g/mol. The second-order valence-corrected chi connectivity index (χ2v) is 4.46. The van der Waals surface area contributed by atoms with Gasteiger partial charge in [-0.25, -0.2) is 0 Å². The molecule has 0 spiro atoms. The molecule has 3 heteroatoms. The van der Waals surface area contributed by atoms with E-state index >= 15 is 0 Å². The van der Waals surface area contributed by atoms with Crippen LogP contribution in [-0.2, 0) is 4.74 Å². The Morgan fingerprint density at radius 3 is 2.65 bits per heavy atom. The van der Waals surface area contributed by atoms with E-state index in [1.165, 1.54) is 0 Å². The normalized spacial score (nSPS) is 10.6. The first-order valence-corrected chi connectivity index (χ1v) is 5.91. The summed E-state index contributed by atoms with van der Waals surface area (Å²) in [5.41, 5.74) is 2.83. The lowest BCUT2D eigenvalue weighted by molar-refractivity contribution is 0.112. The highest BCUT2D eigenvalue weighted by Gasteiger charge is 2.13. The van der Waals surface area contributed by atoms with Crippen LogP contribution in [0.15, 0.2) is 18.2 Å². The zero-order valence-corrected chi connectivity index (χ0v) is 11.1. The third-order valence-corrected chi connectivity index (χ3v) is 2.78. The van der Waals surface area contributed by atoms with Gasteiger partial charge < -0.3 is 9.64 Å². The van der Waals surface area contributed by atoms with Gasteiger partial charge in [0.1, 0.15) is 0 Å². The largest absolute Gasteiger partial charge is 0.383 e. The van der Waals surface area contributed by atoms with E-state index < -0.39 is 0 Å². The quantitative estimate of drug-likeness (QED) is 0.710. The number of benzene rings is 1. The molecule has 0 amide bonds. The molecule has 0 fully saturated rings. The summed E-state index contributed by atoms with van der Waals surface area (Å²) >= 11 is 0. The van der Waals surface area contributed by atoms with Gasteiger partial charge >= 0.3 is 0 Å². The Morgan fingerprint density at radius 2 is 2.12 bits per heavy atom. The van der Waals surface area contributed by atoms with Crippen LogP contribution < -0.4 is 4.90 Å². The maximum absolute atomic E-state index is 11.1. The summed E-state index contributed by atoms with van der Waals surface area (Å²) < 4.78 is 5.11. The van der Waals surface area contributed by atoms with Gasteiger partial charge in [-0.3, -0.25) is 4.79 Å². The molecule has 0 saturated carbocycles. The molecule has 0 aliphatic heterocycles. The second kappa shape index (κ2) is 6.40. The van der Waals surface area contributed by atoms with Crippen LogP contribution >= 0.6 is 0 Å². The van der Waals surface area contributed by atoms with E-state index in [4.69, 9.17) is 4.74 Å². The van der Waals surface area contributed by atoms with Crippen LogP contribution in [-0.4, -0.2) is 32.6 Å². The highest BCUT2D eigenvalue weighted by Crippen LogP contribution is 2.22. The summed E-state index contributed by atoms with van der Waals surface area (Å²) in [5, 5.41) is 0. The first kappa shape index (κ1) is 13.7. The van der Waals surface area contributed by atoms with Crippen molar-refractivity contribution in [3.05, 3.63) is 29.3 Å². The summed E-state index contributed by atoms with van der Waals surface area (Å²) in [7, 11) is 1.69. The Balaban J connectivity index is 3.04. The van der Waals surface area contributed by atoms with Gasteiger partial charge in [-0.1, -0.05) is 11.6 Å². The molecule has 0 heterocycles. The number of rotatable bonds is 6. The van der Waals surface area contributed by atoms with Gasteiger partial charge in [0.2, 0.25) is 0 Å². The second-order valence-electron chi connectivity index (χ2n) is 4.46. The van der Waals surface area contributed by atoms with E-state index in [0.29, 0.717) is 12.6 Å². The molecule has 0 bridgehead atoms. The van der Waals surface area contributed by atoms with Crippen molar-refractivity contribution in [3.63, 3.8) is 0 Å². The number of hydrogen-bond acceptors (Lipinski definition) is 3. The Morgan fingerprint density at radius 1 is 1.41 bits per heavy atom. The molecule has 1 aromatic rings. The first-order chi connectivity index (χ1) is 8.10. The van der Waals surface area contributed by atoms with Gasteiger partial charge in [0.25, 0.3) is 0 Å². The molecule has 17 heavy (non-hydrogen) atoms. The third kappa shape index (κ3) is 3.56. The molecule has 1 rings (SSSR count). The fraction of sp³-hybridized carbons (Fsp3) is 0.500. The predicted octanol–water partition coefficient (Wildman–Crippen LogP) is 2.67. The van der Waals surface area contributed by atoms with Crippen molar-refractivity contribution in [2.45, 2.75) is 26.8 Å². The van der Waals surface area contributed by atoms with Gasteiger partial charge in [0.05, 0.1) is 6.61 Å². The smallest absolute Gasteiger partial charge is 0.152 e. The number of aryl methyl sites for hydroxylation is 1. The van der Waals surface area contributed by atoms with Gasteiger partial charge in [-0.05, 0) is 32.9 Å². The molecule has 0 aliphatic carbocycles. The minimum Gasteiger partial charge on any atom is -0.383 e. The summed E-state index contributed by atoms with van der Waals surface area (Å²) in [6.07, 6.45) is 0.921. The van der Waals surface area contributed by atoms with Crippen molar-refractivity contribution >= 4 is 12.0 Å². The number of nitrogens with zero attached hydrogens (tertiary/aromatic N) is 1. The number of hydrogen-bond donors (Lipinski definition) is 0. The van der Waals surface area contributed by atoms with Crippen LogP contribution in [0.25, 0.3) is 0 Å². The molecule has 0 aromatic heterocycles. The average Bonchev–Trinajstić information content (AvgIpc) is 2.30. The lowest BCUT2D eigenvalue weighted by Gasteiger charge is -2.30. The Bertz CT molecular complexity index is 374. The summed E-state index contributed by atoms with van der Waals surface area (Å²) in [5.74, 6) is 0. The van der Waals surface area contributed by atoms with Crippen molar-refractivity contribution in [2.75, 3.05) is 25.2 Å². The number of ether oxygens (including phenoxy) is 1. The minimum absolute atomic E-state index is 0.339. The highest BCUT2D eigenvalue weighted by atomic mass is 16.5. The fourth-order valence-electron chi connectivity index (χ4n) is 1.88. The lowest BCUT2D eigenvalue weighted by Crippen LogP contribution is -2.34. The maximum atomic E-state index is 11.1. The minimum atomic E-state index is 0.339. The molecule has 0 radical (unpaired) electrons. The van der Waals surface area contributed by atoms with Crippen molar-refractivity contribution < 1.29 is 9.53 Å². The molecule has 94 valence electrons. The van der Waals surface area contributed by atoms with Crippen LogP contribution in [0.1, 0.15) is 29.8 Å². The zero-order chi connectivity index (χ0) is 12.8. The molecule has 0 saturated heterocycles. The van der Waals surface area contributed by atoms with E-state index in [0.717, 1.165) is 29.6 Å². The molecular weight excluding hydrogens is 214 g/mol. The van der Waals surface area contributed by atoms with Crippen LogP contribution in [0, 0.1) is 6.92 Å². The number of methoxy groups -OCH3 is 1. The van der Waals surface area contributed by atoms with Gasteiger partial charge in [0, 0.05) is 30.9 Å². The SMILES string of the molecule is COCCN(c1ccc(C)cc1C=O)C(C)C. The average molecular weight is 235 g/mol. The lowest BCUT2D eigenvalue weighted by atomic mass is 10.1. The Labute approximate surface area is 103 Å². The van der Waals surface area contributed by atoms with Crippen LogP contribution in [0.5, 0.6) is 0 Å². The van der Waals surface area contributed by atoms with E-state index in [2.05, 4.69) is 18.7 Å². The number of carbonyl (C=O) groups is 1. The van der Waals surface area contributed by atoms with Crippen molar-refractivity contribution in [2.24, 2.45) is 0 Å². The molecule has 0 aliphatic rings. The number of aldehydes is 1. The van der Waals surface area contributed by atoms with E-state index in [1.54, 1.807) is 7.11 Å². The van der Waals surface area contributed by atoms with Gasteiger partial charge in [-0.2, -0.15) is 0 Å². The van der Waals surface area contributed by atoms with Crippen molar-refractivity contribution in [1.29, 1.82) is 0 Å². The molecule has 1 aromatic carbocycles. The number of anilines is 1. The molecule has 0 atom stereocenters. The molecule has 0 N–H and O–H groups in total. The highest BCUT2D eigenvalue weighted by molar-refractivity contribution is 5.85. The van der Waals surface area contributed by atoms with Crippen LogP contribution in [0.4, 0.5) is 5.69 Å². The molecular formula is C14H21NO2. The van der Waals surface area contributed by atoms with E-state index in [1.807, 2.05) is 25.1 Å². The summed E-state index contributed by atoms with van der Waals surface area (Å²) in [4.78, 5) is 13.3. The van der Waals surface area contributed by atoms with Crippen LogP contribution in [0.2, 0.25) is 0 Å². The zero-order valence-electron chi connectivity index (χ0n) is 11.1. The van der Waals surface area contributed by atoms with E-state index in [9.17, 15) is 4.79 Å². The summed E-state index contributed by atoms with van der Waals surface area (Å²) in [6, 6.07) is 6.30. The van der Waals surface area contributed by atoms with Gasteiger partial charge in [0.15, 0.2) is 6.29 Å². The number of carbonyl (C=O) groups excluding carboxylic acids is 1. The predicted molar refractivity (Wildman–Crippen MR) is 70.9 cm³/mol. The van der Waals surface area contributed by atoms with Gasteiger partial charge in [-0.15, -0.1) is 0 Å². The molecule has 0 unspecified atom stereocenters. The molecule has 3 nitrogen and oxygen atoms in total. The van der Waals surface area contributed by atoms with Crippen molar-refractivity contribution in [3.8, 4) is 0 Å². The standard InChI is InChI=1S/C14H21NO2/c1-11(2)15(7-8-17-4)14-6-5-12(3)9-13(14)10-16/h5-6,9-11H,7-8H2,1-4H3. The maximum Gasteiger partial charge on any atom is 0.152 e. The summed E-state index contributed by atoms with van der Waals surface area (Å²) in [6.45, 7) is 7.67. The third-order valence-electron chi connectivity index (χ3n) is 2.78. The van der Waals surface area contributed by atoms with Crippen LogP contribution in [0.3, 0.4) is 0 Å². The fourth-order valence-corrected chi connectivity index (χ4v) is 1.88. The topological polar surface area (TPSA) is 29.5 Å².